The highest BCUT2D eigenvalue weighted by molar-refractivity contribution is 5.44. The van der Waals surface area contributed by atoms with Crippen LogP contribution in [0.25, 0.3) is 0 Å². The van der Waals surface area contributed by atoms with Crippen LogP contribution >= 0.6 is 0 Å². The summed E-state index contributed by atoms with van der Waals surface area (Å²) in [5, 5.41) is 12.7. The lowest BCUT2D eigenvalue weighted by atomic mass is 10.0. The first-order valence-electron chi connectivity index (χ1n) is 6.36. The third-order valence-corrected chi connectivity index (χ3v) is 3.36. The summed E-state index contributed by atoms with van der Waals surface area (Å²) in [5.74, 6) is 1.35. The van der Waals surface area contributed by atoms with E-state index in [1.165, 1.54) is 0 Å². The third-order valence-electron chi connectivity index (χ3n) is 3.36. The minimum atomic E-state index is -0.234. The summed E-state index contributed by atoms with van der Waals surface area (Å²) in [5.41, 5.74) is 0.946. The zero-order valence-corrected chi connectivity index (χ0v) is 11.3. The maximum absolute atomic E-state index is 9.44. The first-order chi connectivity index (χ1) is 9.30. The van der Waals surface area contributed by atoms with Crippen LogP contribution in [0, 0.1) is 11.3 Å². The van der Waals surface area contributed by atoms with Crippen molar-refractivity contribution in [2.24, 2.45) is 0 Å². The van der Waals surface area contributed by atoms with Crippen molar-refractivity contribution in [1.29, 1.82) is 5.26 Å². The first-order valence-corrected chi connectivity index (χ1v) is 6.36. The van der Waals surface area contributed by atoms with Crippen molar-refractivity contribution >= 4 is 0 Å². The molecule has 19 heavy (non-hydrogen) atoms. The Morgan fingerprint density at radius 3 is 2.47 bits per heavy atom. The lowest BCUT2D eigenvalue weighted by Gasteiger charge is -2.31. The maximum Gasteiger partial charge on any atom is 0.161 e. The van der Waals surface area contributed by atoms with Crippen molar-refractivity contribution in [3.05, 3.63) is 23.8 Å². The van der Waals surface area contributed by atoms with Crippen molar-refractivity contribution < 1.29 is 9.47 Å². The molecule has 1 heterocycles. The molecule has 1 aliphatic heterocycles. The number of nitrogens with zero attached hydrogens (tertiary/aromatic N) is 2. The average molecular weight is 261 g/mol. The maximum atomic E-state index is 9.44. The van der Waals surface area contributed by atoms with Crippen LogP contribution in [0.4, 0.5) is 0 Å². The van der Waals surface area contributed by atoms with E-state index in [4.69, 9.17) is 9.47 Å². The first kappa shape index (κ1) is 13.7. The lowest BCUT2D eigenvalue weighted by Crippen LogP contribution is -2.44. The van der Waals surface area contributed by atoms with E-state index in [1.807, 2.05) is 18.2 Å². The van der Waals surface area contributed by atoms with Gasteiger partial charge in [-0.15, -0.1) is 0 Å². The zero-order chi connectivity index (χ0) is 13.7. The molecule has 0 radical (unpaired) electrons. The van der Waals surface area contributed by atoms with Gasteiger partial charge < -0.3 is 14.8 Å². The van der Waals surface area contributed by atoms with Gasteiger partial charge in [0.25, 0.3) is 0 Å². The SMILES string of the molecule is COc1ccc(C(C#N)N2CCNCC2)cc1OC. The van der Waals surface area contributed by atoms with E-state index in [1.54, 1.807) is 14.2 Å². The minimum Gasteiger partial charge on any atom is -0.493 e. The third kappa shape index (κ3) is 2.98. The normalized spacial score (nSPS) is 17.5. The molecule has 1 aliphatic rings. The van der Waals surface area contributed by atoms with Crippen LogP contribution in [0.2, 0.25) is 0 Å². The monoisotopic (exact) mass is 261 g/mol. The predicted octanol–water partition coefficient (Wildman–Crippen LogP) is 1.17. The van der Waals surface area contributed by atoms with Gasteiger partial charge in [-0.25, -0.2) is 0 Å². The van der Waals surface area contributed by atoms with E-state index >= 15 is 0 Å². The van der Waals surface area contributed by atoms with Crippen LogP contribution in [0.1, 0.15) is 11.6 Å². The predicted molar refractivity (Wildman–Crippen MR) is 72.3 cm³/mol. The highest BCUT2D eigenvalue weighted by atomic mass is 16.5. The van der Waals surface area contributed by atoms with Gasteiger partial charge in [0.2, 0.25) is 0 Å². The molecular weight excluding hydrogens is 242 g/mol. The Hall–Kier alpha value is -1.77. The number of nitrogens with one attached hydrogen (secondary N) is 1. The Balaban J connectivity index is 2.25. The zero-order valence-electron chi connectivity index (χ0n) is 11.3. The molecule has 0 aromatic heterocycles. The molecule has 0 spiro atoms. The average Bonchev–Trinajstić information content (AvgIpc) is 2.49. The van der Waals surface area contributed by atoms with Gasteiger partial charge in [0.1, 0.15) is 6.04 Å². The number of nitriles is 1. The van der Waals surface area contributed by atoms with Crippen molar-refractivity contribution in [2.75, 3.05) is 40.4 Å². The van der Waals surface area contributed by atoms with Crippen molar-refractivity contribution in [2.45, 2.75) is 6.04 Å². The Morgan fingerprint density at radius 2 is 1.89 bits per heavy atom. The second-order valence-electron chi connectivity index (χ2n) is 4.43. The summed E-state index contributed by atoms with van der Waals surface area (Å²) in [6.07, 6.45) is 0. The van der Waals surface area contributed by atoms with Gasteiger partial charge in [0, 0.05) is 26.2 Å². The summed E-state index contributed by atoms with van der Waals surface area (Å²) in [4.78, 5) is 2.18. The number of ether oxygens (including phenoxy) is 2. The van der Waals surface area contributed by atoms with Gasteiger partial charge in [-0.2, -0.15) is 5.26 Å². The Bertz CT molecular complexity index is 464. The van der Waals surface area contributed by atoms with Crippen LogP contribution in [0.3, 0.4) is 0 Å². The largest absolute Gasteiger partial charge is 0.493 e. The van der Waals surface area contributed by atoms with Gasteiger partial charge in [-0.05, 0) is 17.7 Å². The molecule has 102 valence electrons. The van der Waals surface area contributed by atoms with Gasteiger partial charge in [0.15, 0.2) is 11.5 Å². The molecule has 1 aromatic carbocycles. The fourth-order valence-corrected chi connectivity index (χ4v) is 2.33. The topological polar surface area (TPSA) is 57.5 Å². The van der Waals surface area contributed by atoms with E-state index in [2.05, 4.69) is 16.3 Å². The molecule has 0 saturated carbocycles. The lowest BCUT2D eigenvalue weighted by molar-refractivity contribution is 0.207. The molecule has 1 aromatic rings. The molecule has 5 heteroatoms. The van der Waals surface area contributed by atoms with Gasteiger partial charge in [-0.1, -0.05) is 6.07 Å². The van der Waals surface area contributed by atoms with Crippen LogP contribution in [-0.4, -0.2) is 45.3 Å². The van der Waals surface area contributed by atoms with Crippen LogP contribution in [-0.2, 0) is 0 Å². The Labute approximate surface area is 113 Å². The molecule has 1 atom stereocenters. The fourth-order valence-electron chi connectivity index (χ4n) is 2.33. The molecule has 1 fully saturated rings. The Kier molecular flexibility index (Phi) is 4.61. The highest BCUT2D eigenvalue weighted by Gasteiger charge is 2.22. The van der Waals surface area contributed by atoms with Gasteiger partial charge in [-0.3, -0.25) is 4.90 Å². The summed E-state index contributed by atoms with van der Waals surface area (Å²) in [6.45, 7) is 3.61. The molecule has 0 amide bonds. The van der Waals surface area contributed by atoms with Gasteiger partial charge in [0.05, 0.1) is 20.3 Å². The highest BCUT2D eigenvalue weighted by Crippen LogP contribution is 2.31. The quantitative estimate of drug-likeness (QED) is 0.882. The van der Waals surface area contributed by atoms with Crippen LogP contribution in [0.15, 0.2) is 18.2 Å². The fraction of sp³-hybridized carbons (Fsp3) is 0.500. The molecular formula is C14H19N3O2. The number of piperazine rings is 1. The summed E-state index contributed by atoms with van der Waals surface area (Å²) in [6, 6.07) is 7.80. The number of hydrogen-bond acceptors (Lipinski definition) is 5. The summed E-state index contributed by atoms with van der Waals surface area (Å²) >= 11 is 0. The Morgan fingerprint density at radius 1 is 1.21 bits per heavy atom. The standard InChI is InChI=1S/C14H19N3O2/c1-18-13-4-3-11(9-14(13)19-2)12(10-15)17-7-5-16-6-8-17/h3-4,9,12,16H,5-8H2,1-2H3. The molecule has 2 rings (SSSR count). The van der Waals surface area contributed by atoms with Crippen molar-refractivity contribution in [1.82, 2.24) is 10.2 Å². The molecule has 1 unspecified atom stereocenters. The van der Waals surface area contributed by atoms with E-state index in [9.17, 15) is 5.26 Å². The second-order valence-corrected chi connectivity index (χ2v) is 4.43. The number of methoxy groups -OCH3 is 2. The summed E-state index contributed by atoms with van der Waals surface area (Å²) in [7, 11) is 3.21. The summed E-state index contributed by atoms with van der Waals surface area (Å²) < 4.78 is 10.5. The molecule has 1 saturated heterocycles. The van der Waals surface area contributed by atoms with E-state index in [0.29, 0.717) is 11.5 Å². The minimum absolute atomic E-state index is 0.234. The van der Waals surface area contributed by atoms with E-state index in [-0.39, 0.29) is 6.04 Å². The van der Waals surface area contributed by atoms with Crippen molar-refractivity contribution in [3.63, 3.8) is 0 Å². The van der Waals surface area contributed by atoms with Crippen molar-refractivity contribution in [3.8, 4) is 17.6 Å². The molecule has 0 bridgehead atoms. The second kappa shape index (κ2) is 6.41. The number of benzene rings is 1. The molecule has 0 aliphatic carbocycles. The number of rotatable bonds is 4. The van der Waals surface area contributed by atoms with Crippen LogP contribution in [0.5, 0.6) is 11.5 Å². The van der Waals surface area contributed by atoms with Gasteiger partial charge >= 0.3 is 0 Å². The van der Waals surface area contributed by atoms with E-state index in [0.717, 1.165) is 31.7 Å². The smallest absolute Gasteiger partial charge is 0.161 e. The molecule has 1 N–H and O–H groups in total. The molecule has 5 nitrogen and oxygen atoms in total. The number of hydrogen-bond donors (Lipinski definition) is 1. The van der Waals surface area contributed by atoms with Crippen LogP contribution < -0.4 is 14.8 Å². The van der Waals surface area contributed by atoms with E-state index < -0.39 is 0 Å².